The largest absolute Gasteiger partial charge is 0.370 e. The molecule has 0 aliphatic rings. The quantitative estimate of drug-likeness (QED) is 0.0820. The van der Waals surface area contributed by atoms with Gasteiger partial charge in [-0.15, -0.1) is 0 Å². The van der Waals surface area contributed by atoms with Gasteiger partial charge in [-0.05, 0) is 69.4 Å². The van der Waals surface area contributed by atoms with Crippen molar-refractivity contribution >= 4 is 23.5 Å². The fourth-order valence-electron chi connectivity index (χ4n) is 2.69. The van der Waals surface area contributed by atoms with Crippen molar-refractivity contribution in [1.82, 2.24) is 16.0 Å². The molecular weight excluding hydrogens is 386 g/mol. The molecule has 1 aromatic carbocycles. The van der Waals surface area contributed by atoms with Crippen LogP contribution in [0.5, 0.6) is 0 Å². The molecule has 0 saturated carbocycles. The second-order valence-electron chi connectivity index (χ2n) is 6.95. The van der Waals surface area contributed by atoms with Crippen molar-refractivity contribution in [3.05, 3.63) is 29.8 Å². The molecule has 0 aliphatic heterocycles. The first-order chi connectivity index (χ1) is 14.4. The van der Waals surface area contributed by atoms with Gasteiger partial charge in [0.1, 0.15) is 0 Å². The Morgan fingerprint density at radius 2 is 1.70 bits per heavy atom. The van der Waals surface area contributed by atoms with Crippen molar-refractivity contribution in [2.75, 3.05) is 31.5 Å². The van der Waals surface area contributed by atoms with E-state index in [2.05, 4.69) is 21.3 Å². The van der Waals surface area contributed by atoms with E-state index in [1.807, 2.05) is 12.1 Å². The fraction of sp³-hybridized carbons (Fsp3) is 0.550. The maximum atomic E-state index is 11.9. The van der Waals surface area contributed by atoms with Crippen LogP contribution in [-0.2, 0) is 16.0 Å². The highest BCUT2D eigenvalue weighted by Gasteiger charge is 2.16. The summed E-state index contributed by atoms with van der Waals surface area (Å²) < 4.78 is 0. The molecule has 1 rings (SSSR count). The Hall–Kier alpha value is -2.69. The third-order valence-corrected chi connectivity index (χ3v) is 4.29. The van der Waals surface area contributed by atoms with Gasteiger partial charge >= 0.3 is 0 Å². The number of aryl methyl sites for hydroxylation is 1. The van der Waals surface area contributed by atoms with Crippen LogP contribution in [0.2, 0.25) is 0 Å². The summed E-state index contributed by atoms with van der Waals surface area (Å²) in [5.74, 6) is -1.11. The minimum atomic E-state index is -1.54. The lowest BCUT2D eigenvalue weighted by molar-refractivity contribution is -0.136. The van der Waals surface area contributed by atoms with Crippen molar-refractivity contribution in [1.29, 1.82) is 5.41 Å². The van der Waals surface area contributed by atoms with Gasteiger partial charge in [-0.2, -0.15) is 0 Å². The number of carbonyl (C=O) groups excluding carboxylic acids is 2. The third-order valence-electron chi connectivity index (χ3n) is 4.29. The number of nitrogens with two attached hydrogens (primary N) is 2. The number of carbonyl (C=O) groups is 2. The maximum absolute atomic E-state index is 11.9. The van der Waals surface area contributed by atoms with E-state index in [1.54, 1.807) is 12.1 Å². The second-order valence-corrected chi connectivity index (χ2v) is 6.95. The maximum Gasteiger partial charge on any atom is 0.269 e. The van der Waals surface area contributed by atoms with Crippen LogP contribution in [0.15, 0.2) is 24.3 Å². The lowest BCUT2D eigenvalue weighted by Gasteiger charge is -2.13. The first kappa shape index (κ1) is 25.3. The number of hydrogen-bond donors (Lipinski definition) is 8. The predicted octanol–water partition coefficient (Wildman–Crippen LogP) is -0.416. The summed E-state index contributed by atoms with van der Waals surface area (Å²) in [6, 6.07) is 7.39. The van der Waals surface area contributed by atoms with Crippen LogP contribution in [0.25, 0.3) is 0 Å². The highest BCUT2D eigenvalue weighted by Crippen LogP contribution is 2.11. The summed E-state index contributed by atoms with van der Waals surface area (Å²) in [6.07, 6.45) is 2.53. The molecule has 0 radical (unpaired) electrons. The van der Waals surface area contributed by atoms with Gasteiger partial charge in [0.15, 0.2) is 5.96 Å². The molecule has 0 fully saturated rings. The zero-order chi connectivity index (χ0) is 22.2. The molecule has 0 spiro atoms. The highest BCUT2D eigenvalue weighted by atomic mass is 16.3. The predicted molar refractivity (Wildman–Crippen MR) is 118 cm³/mol. The van der Waals surface area contributed by atoms with Crippen LogP contribution in [0.4, 0.5) is 5.69 Å². The number of aliphatic hydroxyl groups excluding tert-OH is 1. The van der Waals surface area contributed by atoms with Crippen molar-refractivity contribution in [3.63, 3.8) is 0 Å². The minimum Gasteiger partial charge on any atom is -0.370 e. The van der Waals surface area contributed by atoms with Crippen molar-refractivity contribution in [2.45, 2.75) is 44.8 Å². The lowest BCUT2D eigenvalue weighted by Crippen LogP contribution is -2.46. The van der Waals surface area contributed by atoms with E-state index in [0.29, 0.717) is 25.9 Å². The molecule has 0 saturated heterocycles. The lowest BCUT2D eigenvalue weighted by atomic mass is 10.1. The molecule has 0 heterocycles. The van der Waals surface area contributed by atoms with E-state index >= 15 is 0 Å². The SMILES string of the molecule is N=C(N)Nc1ccc(CCCC(=O)NC(O)C(=O)NCCCCNCCCN)cc1. The topological polar surface area (TPSA) is 178 Å². The summed E-state index contributed by atoms with van der Waals surface area (Å²) in [4.78, 5) is 23.7. The minimum absolute atomic E-state index is 0.127. The molecule has 10 nitrogen and oxygen atoms in total. The Morgan fingerprint density at radius 1 is 1.03 bits per heavy atom. The third kappa shape index (κ3) is 12.0. The molecule has 2 amide bonds. The Kier molecular flexibility index (Phi) is 12.8. The van der Waals surface area contributed by atoms with E-state index in [-0.39, 0.29) is 18.3 Å². The smallest absolute Gasteiger partial charge is 0.269 e. The summed E-state index contributed by atoms with van der Waals surface area (Å²) in [5.41, 5.74) is 12.4. The van der Waals surface area contributed by atoms with Crippen molar-refractivity contribution < 1.29 is 14.7 Å². The van der Waals surface area contributed by atoms with Crippen LogP contribution < -0.4 is 32.7 Å². The van der Waals surface area contributed by atoms with Gasteiger partial charge in [-0.25, -0.2) is 0 Å². The van der Waals surface area contributed by atoms with Gasteiger partial charge < -0.3 is 37.8 Å². The number of anilines is 1. The number of nitrogens with one attached hydrogen (secondary N) is 5. The summed E-state index contributed by atoms with van der Waals surface area (Å²) in [5, 5.41) is 27.8. The zero-order valence-electron chi connectivity index (χ0n) is 17.4. The van der Waals surface area contributed by atoms with Crippen molar-refractivity contribution in [2.24, 2.45) is 11.5 Å². The fourth-order valence-corrected chi connectivity index (χ4v) is 2.69. The van der Waals surface area contributed by atoms with Gasteiger partial charge in [0.05, 0.1) is 0 Å². The normalized spacial score (nSPS) is 11.5. The standard InChI is InChI=1S/C20H35N7O3/c21-11-4-13-24-12-1-2-14-25-18(29)19(30)27-17(28)6-3-5-15-7-9-16(10-8-15)26-20(22)23/h7-10,19,24,30H,1-6,11-14,21H2,(H,25,29)(H,27,28)(H4,22,23,26). The number of amides is 2. The molecule has 1 aromatic rings. The molecule has 0 bridgehead atoms. The molecule has 0 aromatic heterocycles. The Labute approximate surface area is 177 Å². The molecule has 10 N–H and O–H groups in total. The summed E-state index contributed by atoms with van der Waals surface area (Å²) >= 11 is 0. The number of unbranched alkanes of at least 4 members (excludes halogenated alkanes) is 1. The molecule has 10 heteroatoms. The Balaban J connectivity index is 2.13. The average molecular weight is 422 g/mol. The highest BCUT2D eigenvalue weighted by molar-refractivity contribution is 5.89. The van der Waals surface area contributed by atoms with E-state index in [1.165, 1.54) is 0 Å². The Morgan fingerprint density at radius 3 is 2.37 bits per heavy atom. The molecular formula is C20H35N7O3. The average Bonchev–Trinajstić information content (AvgIpc) is 2.70. The van der Waals surface area contributed by atoms with E-state index < -0.39 is 12.1 Å². The van der Waals surface area contributed by atoms with Crippen molar-refractivity contribution in [3.8, 4) is 0 Å². The molecule has 168 valence electrons. The molecule has 0 aliphatic carbocycles. The van der Waals surface area contributed by atoms with Crippen LogP contribution in [0, 0.1) is 5.41 Å². The number of rotatable bonds is 15. The molecule has 1 unspecified atom stereocenters. The summed E-state index contributed by atoms with van der Waals surface area (Å²) in [7, 11) is 0. The number of benzene rings is 1. The van der Waals surface area contributed by atoms with E-state index in [4.69, 9.17) is 16.9 Å². The van der Waals surface area contributed by atoms with Gasteiger partial charge in [-0.1, -0.05) is 12.1 Å². The molecule has 30 heavy (non-hydrogen) atoms. The first-order valence-corrected chi connectivity index (χ1v) is 10.3. The van der Waals surface area contributed by atoms with Gasteiger partial charge in [0.2, 0.25) is 12.1 Å². The summed E-state index contributed by atoms with van der Waals surface area (Å²) in [6.45, 7) is 2.85. The van der Waals surface area contributed by atoms with Crippen LogP contribution in [0.1, 0.15) is 37.7 Å². The number of hydrogen-bond acceptors (Lipinski definition) is 6. The Bertz CT molecular complexity index is 652. The van der Waals surface area contributed by atoms with Gasteiger partial charge in [0.25, 0.3) is 5.91 Å². The van der Waals surface area contributed by atoms with Crippen LogP contribution >= 0.6 is 0 Å². The number of aliphatic hydroxyl groups is 1. The molecule has 1 atom stereocenters. The van der Waals surface area contributed by atoms with Gasteiger partial charge in [0, 0.05) is 18.7 Å². The van der Waals surface area contributed by atoms with E-state index in [9.17, 15) is 14.7 Å². The first-order valence-electron chi connectivity index (χ1n) is 10.3. The second kappa shape index (κ2) is 15.2. The van der Waals surface area contributed by atoms with Crippen LogP contribution in [0.3, 0.4) is 0 Å². The monoisotopic (exact) mass is 421 g/mol. The van der Waals surface area contributed by atoms with Crippen LogP contribution in [-0.4, -0.2) is 55.3 Å². The number of guanidine groups is 1. The van der Waals surface area contributed by atoms with Gasteiger partial charge in [-0.3, -0.25) is 15.0 Å². The zero-order valence-corrected chi connectivity index (χ0v) is 17.4. The van der Waals surface area contributed by atoms with E-state index in [0.717, 1.165) is 43.6 Å².